The van der Waals surface area contributed by atoms with Gasteiger partial charge in [-0.3, -0.25) is 4.79 Å². The minimum atomic E-state index is -0.384. The van der Waals surface area contributed by atoms with Crippen molar-refractivity contribution >= 4 is 5.91 Å². The van der Waals surface area contributed by atoms with Crippen LogP contribution in [0.2, 0.25) is 0 Å². The molecule has 16 heavy (non-hydrogen) atoms. The van der Waals surface area contributed by atoms with Crippen LogP contribution >= 0.6 is 0 Å². The normalized spacial score (nSPS) is 35.9. The summed E-state index contributed by atoms with van der Waals surface area (Å²) < 4.78 is 0. The molecule has 1 saturated heterocycles. The number of nitrogens with zero attached hydrogens (tertiary/aromatic N) is 1. The monoisotopic (exact) mass is 226 g/mol. The zero-order chi connectivity index (χ0) is 11.8. The van der Waals surface area contributed by atoms with Gasteiger partial charge in [0.05, 0.1) is 6.04 Å². The Morgan fingerprint density at radius 2 is 2.38 bits per heavy atom. The summed E-state index contributed by atoms with van der Waals surface area (Å²) in [6.45, 7) is 3.74. The summed E-state index contributed by atoms with van der Waals surface area (Å²) in [7, 11) is 0. The van der Waals surface area contributed by atoms with E-state index >= 15 is 0 Å². The lowest BCUT2D eigenvalue weighted by atomic mass is 9.84. The van der Waals surface area contributed by atoms with Gasteiger partial charge in [-0.2, -0.15) is 0 Å². The third-order valence-corrected chi connectivity index (χ3v) is 4.20. The molecule has 2 fully saturated rings. The van der Waals surface area contributed by atoms with Gasteiger partial charge in [0.1, 0.15) is 0 Å². The number of hydrogen-bond acceptors (Lipinski definition) is 3. The third-order valence-electron chi connectivity index (χ3n) is 4.20. The molecule has 0 aromatic carbocycles. The fourth-order valence-electron chi connectivity index (χ4n) is 3.26. The lowest BCUT2D eigenvalue weighted by Crippen LogP contribution is -2.41. The van der Waals surface area contributed by atoms with Gasteiger partial charge in [-0.15, -0.1) is 0 Å². The fourth-order valence-corrected chi connectivity index (χ4v) is 3.26. The SMILES string of the molecule is CC(N)C(=O)N1CCC2(CCC(CO)C2)C1. The molecule has 3 unspecified atom stereocenters. The van der Waals surface area contributed by atoms with Crippen LogP contribution in [0.5, 0.6) is 0 Å². The predicted octanol–water partition coefficient (Wildman–Crippen LogP) is 0.345. The molecule has 0 bridgehead atoms. The van der Waals surface area contributed by atoms with E-state index in [1.807, 2.05) is 4.90 Å². The number of carbonyl (C=O) groups is 1. The summed E-state index contributed by atoms with van der Waals surface area (Å²) in [5, 5.41) is 9.17. The van der Waals surface area contributed by atoms with Crippen LogP contribution in [0, 0.1) is 11.3 Å². The minimum absolute atomic E-state index is 0.0734. The van der Waals surface area contributed by atoms with Crippen molar-refractivity contribution in [1.82, 2.24) is 4.90 Å². The van der Waals surface area contributed by atoms with Crippen molar-refractivity contribution in [2.45, 2.75) is 38.6 Å². The quantitative estimate of drug-likeness (QED) is 0.714. The van der Waals surface area contributed by atoms with E-state index in [1.165, 1.54) is 0 Å². The first-order chi connectivity index (χ1) is 7.56. The van der Waals surface area contributed by atoms with Crippen LogP contribution in [0.3, 0.4) is 0 Å². The standard InChI is InChI=1S/C12H22N2O2/c1-9(13)11(16)14-5-4-12(8-14)3-2-10(6-12)7-15/h9-10,15H,2-8,13H2,1H3. The Labute approximate surface area is 96.8 Å². The van der Waals surface area contributed by atoms with Gasteiger partial charge in [0, 0.05) is 19.7 Å². The highest BCUT2D eigenvalue weighted by Crippen LogP contribution is 2.47. The number of amides is 1. The molecule has 1 spiro atoms. The number of carbonyl (C=O) groups excluding carboxylic acids is 1. The Balaban J connectivity index is 1.95. The van der Waals surface area contributed by atoms with E-state index in [-0.39, 0.29) is 17.4 Å². The first-order valence-corrected chi connectivity index (χ1v) is 6.21. The van der Waals surface area contributed by atoms with Crippen molar-refractivity contribution in [1.29, 1.82) is 0 Å². The van der Waals surface area contributed by atoms with Crippen LogP contribution in [0.15, 0.2) is 0 Å². The number of aliphatic hydroxyl groups is 1. The second-order valence-electron chi connectivity index (χ2n) is 5.59. The van der Waals surface area contributed by atoms with Crippen molar-refractivity contribution in [2.75, 3.05) is 19.7 Å². The molecule has 3 N–H and O–H groups in total. The fraction of sp³-hybridized carbons (Fsp3) is 0.917. The molecule has 0 aromatic rings. The number of likely N-dealkylation sites (tertiary alicyclic amines) is 1. The van der Waals surface area contributed by atoms with Crippen molar-refractivity contribution in [3.05, 3.63) is 0 Å². The molecule has 4 heteroatoms. The van der Waals surface area contributed by atoms with Gasteiger partial charge in [0.25, 0.3) is 0 Å². The lowest BCUT2D eigenvalue weighted by molar-refractivity contribution is -0.131. The lowest BCUT2D eigenvalue weighted by Gasteiger charge is -2.25. The number of nitrogens with two attached hydrogens (primary N) is 1. The van der Waals surface area contributed by atoms with E-state index < -0.39 is 0 Å². The second-order valence-corrected chi connectivity index (χ2v) is 5.59. The third kappa shape index (κ3) is 2.09. The molecule has 3 atom stereocenters. The predicted molar refractivity (Wildman–Crippen MR) is 61.7 cm³/mol. The van der Waals surface area contributed by atoms with Gasteiger partial charge in [-0.25, -0.2) is 0 Å². The average Bonchev–Trinajstić information content (AvgIpc) is 2.85. The van der Waals surface area contributed by atoms with Crippen LogP contribution in [0.1, 0.15) is 32.6 Å². The molecule has 92 valence electrons. The second kappa shape index (κ2) is 4.34. The van der Waals surface area contributed by atoms with Crippen molar-refractivity contribution in [3.8, 4) is 0 Å². The molecule has 1 aliphatic carbocycles. The molecule has 1 amide bonds. The largest absolute Gasteiger partial charge is 0.396 e. The zero-order valence-electron chi connectivity index (χ0n) is 9.98. The topological polar surface area (TPSA) is 66.6 Å². The minimum Gasteiger partial charge on any atom is -0.396 e. The molecule has 2 aliphatic rings. The summed E-state index contributed by atoms with van der Waals surface area (Å²) in [6, 6.07) is -0.384. The highest BCUT2D eigenvalue weighted by atomic mass is 16.3. The van der Waals surface area contributed by atoms with Gasteiger partial charge >= 0.3 is 0 Å². The van der Waals surface area contributed by atoms with Crippen molar-refractivity contribution in [2.24, 2.45) is 17.1 Å². The van der Waals surface area contributed by atoms with E-state index in [0.29, 0.717) is 12.5 Å². The van der Waals surface area contributed by atoms with Crippen molar-refractivity contribution in [3.63, 3.8) is 0 Å². The van der Waals surface area contributed by atoms with Crippen LogP contribution in [0.4, 0.5) is 0 Å². The highest BCUT2D eigenvalue weighted by Gasteiger charge is 2.45. The Morgan fingerprint density at radius 1 is 1.62 bits per heavy atom. The Morgan fingerprint density at radius 3 is 2.94 bits per heavy atom. The van der Waals surface area contributed by atoms with E-state index in [9.17, 15) is 9.90 Å². The summed E-state index contributed by atoms with van der Waals surface area (Å²) in [5.41, 5.74) is 5.91. The summed E-state index contributed by atoms with van der Waals surface area (Å²) in [4.78, 5) is 13.7. The molecule has 0 aromatic heterocycles. The van der Waals surface area contributed by atoms with E-state index in [0.717, 1.165) is 38.8 Å². The smallest absolute Gasteiger partial charge is 0.239 e. The molecule has 4 nitrogen and oxygen atoms in total. The molecule has 1 saturated carbocycles. The number of rotatable bonds is 2. The molecular formula is C12H22N2O2. The molecule has 1 aliphatic heterocycles. The maximum absolute atomic E-state index is 11.8. The van der Waals surface area contributed by atoms with Crippen LogP contribution < -0.4 is 5.73 Å². The molecule has 2 rings (SSSR count). The highest BCUT2D eigenvalue weighted by molar-refractivity contribution is 5.81. The first kappa shape index (κ1) is 11.9. The number of hydrogen-bond donors (Lipinski definition) is 2. The Bertz CT molecular complexity index is 280. The van der Waals surface area contributed by atoms with E-state index in [1.54, 1.807) is 6.92 Å². The number of aliphatic hydroxyl groups excluding tert-OH is 1. The Kier molecular flexibility index (Phi) is 3.22. The maximum Gasteiger partial charge on any atom is 0.239 e. The van der Waals surface area contributed by atoms with Crippen LogP contribution in [-0.4, -0.2) is 41.7 Å². The summed E-state index contributed by atoms with van der Waals surface area (Å²) >= 11 is 0. The van der Waals surface area contributed by atoms with Crippen LogP contribution in [0.25, 0.3) is 0 Å². The molecular weight excluding hydrogens is 204 g/mol. The molecule has 1 heterocycles. The molecule has 0 radical (unpaired) electrons. The van der Waals surface area contributed by atoms with Gasteiger partial charge in [0.2, 0.25) is 5.91 Å². The van der Waals surface area contributed by atoms with E-state index in [4.69, 9.17) is 5.73 Å². The van der Waals surface area contributed by atoms with Gasteiger partial charge in [-0.05, 0) is 43.9 Å². The van der Waals surface area contributed by atoms with Crippen molar-refractivity contribution < 1.29 is 9.90 Å². The van der Waals surface area contributed by atoms with Gasteiger partial charge < -0.3 is 15.7 Å². The average molecular weight is 226 g/mol. The van der Waals surface area contributed by atoms with E-state index in [2.05, 4.69) is 0 Å². The Hall–Kier alpha value is -0.610. The first-order valence-electron chi connectivity index (χ1n) is 6.21. The van der Waals surface area contributed by atoms with Gasteiger partial charge in [-0.1, -0.05) is 0 Å². The maximum atomic E-state index is 11.8. The van der Waals surface area contributed by atoms with Crippen LogP contribution in [-0.2, 0) is 4.79 Å². The van der Waals surface area contributed by atoms with Gasteiger partial charge in [0.15, 0.2) is 0 Å². The zero-order valence-corrected chi connectivity index (χ0v) is 9.98. The summed E-state index contributed by atoms with van der Waals surface area (Å²) in [5.74, 6) is 0.523. The summed E-state index contributed by atoms with van der Waals surface area (Å²) in [6.07, 6.45) is 4.42.